The van der Waals surface area contributed by atoms with E-state index in [1.807, 2.05) is 6.92 Å². The van der Waals surface area contributed by atoms with E-state index in [4.69, 9.17) is 6.42 Å². The maximum atomic E-state index is 13.0. The Kier molecular flexibility index (Phi) is 2.87. The van der Waals surface area contributed by atoms with E-state index in [0.29, 0.717) is 5.56 Å². The molecule has 0 saturated heterocycles. The standard InChI is InChI=1S/C12H11F/c1-4-9(3)11-6-10(5-2)7-12(13)8-11/h2,4,6-9H,1H2,3H3. The number of terminal acetylenes is 1. The minimum Gasteiger partial charge on any atom is -0.207 e. The number of allylic oxidation sites excluding steroid dienone is 1. The minimum atomic E-state index is -0.292. The first kappa shape index (κ1) is 9.54. The summed E-state index contributed by atoms with van der Waals surface area (Å²) < 4.78 is 13.0. The molecule has 0 aromatic heterocycles. The van der Waals surface area contributed by atoms with Crippen molar-refractivity contribution < 1.29 is 4.39 Å². The van der Waals surface area contributed by atoms with Crippen LogP contribution in [-0.4, -0.2) is 0 Å². The third-order valence-electron chi connectivity index (χ3n) is 1.97. The Labute approximate surface area is 78.1 Å². The number of hydrogen-bond donors (Lipinski definition) is 0. The molecule has 0 amide bonds. The van der Waals surface area contributed by atoms with Crippen molar-refractivity contribution in [2.24, 2.45) is 0 Å². The van der Waals surface area contributed by atoms with Crippen molar-refractivity contribution in [3.8, 4) is 12.3 Å². The van der Waals surface area contributed by atoms with Gasteiger partial charge in [0, 0.05) is 5.56 Å². The molecule has 0 N–H and O–H groups in total. The molecular formula is C12H11F. The van der Waals surface area contributed by atoms with E-state index in [9.17, 15) is 4.39 Å². The molecule has 0 spiro atoms. The summed E-state index contributed by atoms with van der Waals surface area (Å²) in [6.07, 6.45) is 6.95. The number of rotatable bonds is 2. The van der Waals surface area contributed by atoms with Crippen LogP contribution in [0.3, 0.4) is 0 Å². The molecule has 1 unspecified atom stereocenters. The number of halogens is 1. The minimum absolute atomic E-state index is 0.128. The van der Waals surface area contributed by atoms with Crippen molar-refractivity contribution in [1.29, 1.82) is 0 Å². The first-order valence-electron chi connectivity index (χ1n) is 4.07. The van der Waals surface area contributed by atoms with Gasteiger partial charge in [-0.2, -0.15) is 0 Å². The SMILES string of the molecule is C#Cc1cc(F)cc(C(C)C=C)c1. The van der Waals surface area contributed by atoms with Gasteiger partial charge in [-0.15, -0.1) is 13.0 Å². The van der Waals surface area contributed by atoms with Gasteiger partial charge >= 0.3 is 0 Å². The molecule has 0 saturated carbocycles. The van der Waals surface area contributed by atoms with Crippen LogP contribution in [0.15, 0.2) is 30.9 Å². The van der Waals surface area contributed by atoms with Crippen LogP contribution in [0.25, 0.3) is 0 Å². The Bertz CT molecular complexity index is 358. The van der Waals surface area contributed by atoms with Crippen molar-refractivity contribution in [3.63, 3.8) is 0 Å². The predicted molar refractivity (Wildman–Crippen MR) is 52.9 cm³/mol. The van der Waals surface area contributed by atoms with Gasteiger partial charge in [0.25, 0.3) is 0 Å². The molecule has 0 aliphatic heterocycles. The van der Waals surface area contributed by atoms with Crippen molar-refractivity contribution in [1.82, 2.24) is 0 Å². The summed E-state index contributed by atoms with van der Waals surface area (Å²) in [5, 5.41) is 0. The van der Waals surface area contributed by atoms with Crippen LogP contribution in [-0.2, 0) is 0 Å². The van der Waals surface area contributed by atoms with E-state index < -0.39 is 0 Å². The third kappa shape index (κ3) is 2.19. The predicted octanol–water partition coefficient (Wildman–Crippen LogP) is 3.10. The first-order valence-corrected chi connectivity index (χ1v) is 4.07. The Morgan fingerprint density at radius 1 is 1.54 bits per heavy atom. The molecule has 0 nitrogen and oxygen atoms in total. The molecule has 1 atom stereocenters. The maximum absolute atomic E-state index is 13.0. The second-order valence-corrected chi connectivity index (χ2v) is 2.94. The van der Waals surface area contributed by atoms with Crippen LogP contribution in [0, 0.1) is 18.2 Å². The summed E-state index contributed by atoms with van der Waals surface area (Å²) in [7, 11) is 0. The lowest BCUT2D eigenvalue weighted by Crippen LogP contribution is -1.91. The molecule has 0 heterocycles. The lowest BCUT2D eigenvalue weighted by molar-refractivity contribution is 0.624. The van der Waals surface area contributed by atoms with Crippen molar-refractivity contribution in [3.05, 3.63) is 47.8 Å². The molecule has 0 fully saturated rings. The summed E-state index contributed by atoms with van der Waals surface area (Å²) in [5.41, 5.74) is 1.44. The Hall–Kier alpha value is -1.55. The molecule has 0 radical (unpaired) electrons. The second-order valence-electron chi connectivity index (χ2n) is 2.94. The van der Waals surface area contributed by atoms with Crippen molar-refractivity contribution in [2.45, 2.75) is 12.8 Å². The molecule has 1 heteroatoms. The largest absolute Gasteiger partial charge is 0.207 e. The summed E-state index contributed by atoms with van der Waals surface area (Å²) in [4.78, 5) is 0. The van der Waals surface area contributed by atoms with Gasteiger partial charge in [0.05, 0.1) is 0 Å². The van der Waals surface area contributed by atoms with Crippen LogP contribution in [0.4, 0.5) is 4.39 Å². The Morgan fingerprint density at radius 3 is 2.77 bits per heavy atom. The van der Waals surface area contributed by atoms with Gasteiger partial charge in [-0.05, 0) is 29.7 Å². The quantitative estimate of drug-likeness (QED) is 0.477. The molecule has 66 valence electrons. The van der Waals surface area contributed by atoms with Crippen LogP contribution in [0.5, 0.6) is 0 Å². The fraction of sp³-hybridized carbons (Fsp3) is 0.167. The van der Waals surface area contributed by atoms with E-state index >= 15 is 0 Å². The number of benzene rings is 1. The molecule has 1 rings (SSSR count). The molecule has 0 aliphatic carbocycles. The van der Waals surface area contributed by atoms with Crippen LogP contribution in [0.1, 0.15) is 24.0 Å². The Morgan fingerprint density at radius 2 is 2.23 bits per heavy atom. The van der Waals surface area contributed by atoms with Crippen molar-refractivity contribution >= 4 is 0 Å². The van der Waals surface area contributed by atoms with Gasteiger partial charge in [-0.3, -0.25) is 0 Å². The number of hydrogen-bond acceptors (Lipinski definition) is 0. The zero-order chi connectivity index (χ0) is 9.84. The highest BCUT2D eigenvalue weighted by molar-refractivity contribution is 5.38. The van der Waals surface area contributed by atoms with Crippen LogP contribution < -0.4 is 0 Å². The average molecular weight is 174 g/mol. The first-order chi connectivity index (χ1) is 6.17. The van der Waals surface area contributed by atoms with Crippen molar-refractivity contribution in [2.75, 3.05) is 0 Å². The maximum Gasteiger partial charge on any atom is 0.124 e. The summed E-state index contributed by atoms with van der Waals surface area (Å²) in [5.74, 6) is 2.25. The molecular weight excluding hydrogens is 163 g/mol. The highest BCUT2D eigenvalue weighted by Gasteiger charge is 2.03. The molecule has 1 aromatic rings. The van der Waals surface area contributed by atoms with E-state index in [1.165, 1.54) is 12.1 Å². The molecule has 13 heavy (non-hydrogen) atoms. The normalized spacial score (nSPS) is 11.8. The van der Waals surface area contributed by atoms with Gasteiger partial charge < -0.3 is 0 Å². The zero-order valence-electron chi connectivity index (χ0n) is 7.55. The average Bonchev–Trinajstić information content (AvgIpc) is 2.15. The monoisotopic (exact) mass is 174 g/mol. The van der Waals surface area contributed by atoms with E-state index in [2.05, 4.69) is 12.5 Å². The summed E-state index contributed by atoms with van der Waals surface area (Å²) in [6.45, 7) is 5.59. The van der Waals surface area contributed by atoms with E-state index in [1.54, 1.807) is 12.1 Å². The lowest BCUT2D eigenvalue weighted by Gasteiger charge is -2.06. The smallest absolute Gasteiger partial charge is 0.124 e. The van der Waals surface area contributed by atoms with Gasteiger partial charge in [0.1, 0.15) is 5.82 Å². The molecule has 0 aliphatic rings. The van der Waals surface area contributed by atoms with Crippen LogP contribution in [0.2, 0.25) is 0 Å². The van der Waals surface area contributed by atoms with E-state index in [-0.39, 0.29) is 11.7 Å². The second kappa shape index (κ2) is 3.91. The van der Waals surface area contributed by atoms with Gasteiger partial charge in [-0.25, -0.2) is 4.39 Å². The van der Waals surface area contributed by atoms with Crippen LogP contribution >= 0.6 is 0 Å². The van der Waals surface area contributed by atoms with E-state index in [0.717, 1.165) is 5.56 Å². The van der Waals surface area contributed by atoms with Gasteiger partial charge in [-0.1, -0.05) is 18.9 Å². The lowest BCUT2D eigenvalue weighted by atomic mass is 9.99. The highest BCUT2D eigenvalue weighted by Crippen LogP contribution is 2.18. The Balaban J connectivity index is 3.17. The zero-order valence-corrected chi connectivity index (χ0v) is 7.55. The highest BCUT2D eigenvalue weighted by atomic mass is 19.1. The summed E-state index contributed by atoms with van der Waals surface area (Å²) in [6, 6.07) is 4.63. The van der Waals surface area contributed by atoms with Gasteiger partial charge in [0.2, 0.25) is 0 Å². The topological polar surface area (TPSA) is 0 Å². The summed E-state index contributed by atoms with van der Waals surface area (Å²) >= 11 is 0. The molecule has 1 aromatic carbocycles. The fourth-order valence-electron chi connectivity index (χ4n) is 1.09. The third-order valence-corrected chi connectivity index (χ3v) is 1.97. The fourth-order valence-corrected chi connectivity index (χ4v) is 1.09. The van der Waals surface area contributed by atoms with Gasteiger partial charge in [0.15, 0.2) is 0 Å². The molecule has 0 bridgehead atoms.